The van der Waals surface area contributed by atoms with Crippen LogP contribution in [0, 0.1) is 6.42 Å². The normalized spacial score (nSPS) is 10.7. The lowest BCUT2D eigenvalue weighted by atomic mass is 10.1. The smallest absolute Gasteiger partial charge is 0.0466 e. The summed E-state index contributed by atoms with van der Waals surface area (Å²) >= 11 is 5.55. The van der Waals surface area contributed by atoms with Gasteiger partial charge >= 0.3 is 0 Å². The molecule has 0 saturated carbocycles. The SMILES string of the molecule is CCCC[CH]CCCOCCCCCl. The fourth-order valence-corrected chi connectivity index (χ4v) is 1.41. The molecule has 0 aromatic heterocycles. The molecule has 0 saturated heterocycles. The minimum atomic E-state index is 0.758. The predicted molar refractivity (Wildman–Crippen MR) is 63.8 cm³/mol. The topological polar surface area (TPSA) is 9.23 Å². The summed E-state index contributed by atoms with van der Waals surface area (Å²) in [7, 11) is 0. The quantitative estimate of drug-likeness (QED) is 0.374. The van der Waals surface area contributed by atoms with Gasteiger partial charge in [-0.3, -0.25) is 0 Å². The predicted octanol–water partition coefficient (Wildman–Crippen LogP) is 4.20. The molecule has 14 heavy (non-hydrogen) atoms. The molecule has 2 heteroatoms. The number of rotatable bonds is 11. The van der Waals surface area contributed by atoms with E-state index in [0.29, 0.717) is 0 Å². The minimum absolute atomic E-state index is 0.758. The van der Waals surface area contributed by atoms with E-state index in [0.717, 1.165) is 31.9 Å². The molecule has 0 bridgehead atoms. The number of hydrogen-bond donors (Lipinski definition) is 0. The first-order valence-electron chi connectivity index (χ1n) is 5.87. The van der Waals surface area contributed by atoms with Gasteiger partial charge in [-0.1, -0.05) is 26.2 Å². The third kappa shape index (κ3) is 12.2. The largest absolute Gasteiger partial charge is 0.381 e. The van der Waals surface area contributed by atoms with Crippen molar-refractivity contribution in [2.45, 2.75) is 51.9 Å². The Hall–Kier alpha value is 0.250. The molecule has 0 aliphatic heterocycles. The first-order chi connectivity index (χ1) is 6.91. The fourth-order valence-electron chi connectivity index (χ4n) is 1.22. The molecule has 1 nitrogen and oxygen atoms in total. The summed E-state index contributed by atoms with van der Waals surface area (Å²) in [6, 6.07) is 0. The molecule has 85 valence electrons. The lowest BCUT2D eigenvalue weighted by Crippen LogP contribution is -1.97. The molecular weight excluding hydrogens is 196 g/mol. The van der Waals surface area contributed by atoms with Crippen molar-refractivity contribution in [3.8, 4) is 0 Å². The summed E-state index contributed by atoms with van der Waals surface area (Å²) in [5.74, 6) is 0.758. The van der Waals surface area contributed by atoms with Gasteiger partial charge in [0.05, 0.1) is 0 Å². The van der Waals surface area contributed by atoms with Gasteiger partial charge in [0.25, 0.3) is 0 Å². The molecule has 0 N–H and O–H groups in total. The number of ether oxygens (including phenoxy) is 1. The highest BCUT2D eigenvalue weighted by molar-refractivity contribution is 6.17. The van der Waals surface area contributed by atoms with Crippen molar-refractivity contribution in [2.75, 3.05) is 19.1 Å². The van der Waals surface area contributed by atoms with Crippen LogP contribution in [0.2, 0.25) is 0 Å². The molecule has 0 aromatic carbocycles. The summed E-state index contributed by atoms with van der Waals surface area (Å²) in [6.45, 7) is 4.01. The lowest BCUT2D eigenvalue weighted by molar-refractivity contribution is 0.129. The molecular formula is C12H24ClO. The standard InChI is InChI=1S/C12H24ClO/c1-2-3-4-5-6-8-11-14-12-9-7-10-13/h5H,2-4,6-12H2,1H3. The maximum atomic E-state index is 5.55. The summed E-state index contributed by atoms with van der Waals surface area (Å²) < 4.78 is 5.46. The summed E-state index contributed by atoms with van der Waals surface area (Å²) in [6.07, 6.45) is 10.8. The Morgan fingerprint density at radius 3 is 2.43 bits per heavy atom. The number of unbranched alkanes of at least 4 members (excludes halogenated alkanes) is 6. The van der Waals surface area contributed by atoms with Gasteiger partial charge in [0.1, 0.15) is 0 Å². The van der Waals surface area contributed by atoms with Gasteiger partial charge in [-0.2, -0.15) is 0 Å². The van der Waals surface area contributed by atoms with Gasteiger partial charge < -0.3 is 4.74 Å². The van der Waals surface area contributed by atoms with Crippen LogP contribution in [0.25, 0.3) is 0 Å². The van der Waals surface area contributed by atoms with Gasteiger partial charge in [-0.05, 0) is 32.1 Å². The molecule has 0 spiro atoms. The van der Waals surface area contributed by atoms with E-state index in [1.54, 1.807) is 0 Å². The van der Waals surface area contributed by atoms with Crippen molar-refractivity contribution >= 4 is 11.6 Å². The van der Waals surface area contributed by atoms with Crippen LogP contribution in [0.15, 0.2) is 0 Å². The number of alkyl halides is 1. The molecule has 0 aliphatic carbocycles. The van der Waals surface area contributed by atoms with Gasteiger partial charge in [0, 0.05) is 19.1 Å². The highest BCUT2D eigenvalue weighted by atomic mass is 35.5. The Bertz CT molecular complexity index is 84.3. The summed E-state index contributed by atoms with van der Waals surface area (Å²) in [5.41, 5.74) is 0. The van der Waals surface area contributed by atoms with Crippen LogP contribution in [-0.2, 0) is 4.74 Å². The number of halogens is 1. The summed E-state index contributed by atoms with van der Waals surface area (Å²) in [4.78, 5) is 0. The highest BCUT2D eigenvalue weighted by Crippen LogP contribution is 2.03. The van der Waals surface area contributed by atoms with Crippen LogP contribution in [-0.4, -0.2) is 19.1 Å². The van der Waals surface area contributed by atoms with Crippen LogP contribution in [0.1, 0.15) is 51.9 Å². The fraction of sp³-hybridized carbons (Fsp3) is 0.917. The average Bonchev–Trinajstić information content (AvgIpc) is 2.21. The average molecular weight is 220 g/mol. The van der Waals surface area contributed by atoms with E-state index in [-0.39, 0.29) is 0 Å². The van der Waals surface area contributed by atoms with E-state index in [2.05, 4.69) is 13.3 Å². The Kier molecular flexibility index (Phi) is 13.5. The van der Waals surface area contributed by atoms with Crippen molar-refractivity contribution in [1.29, 1.82) is 0 Å². The van der Waals surface area contributed by atoms with E-state index in [1.165, 1.54) is 32.1 Å². The molecule has 0 aromatic rings. The second kappa shape index (κ2) is 13.2. The van der Waals surface area contributed by atoms with Gasteiger partial charge in [0.15, 0.2) is 0 Å². The van der Waals surface area contributed by atoms with Gasteiger partial charge in [-0.15, -0.1) is 11.6 Å². The van der Waals surface area contributed by atoms with Crippen LogP contribution in [0.5, 0.6) is 0 Å². The Morgan fingerprint density at radius 2 is 1.71 bits per heavy atom. The maximum Gasteiger partial charge on any atom is 0.0466 e. The van der Waals surface area contributed by atoms with E-state index in [4.69, 9.17) is 16.3 Å². The van der Waals surface area contributed by atoms with Crippen LogP contribution in [0.3, 0.4) is 0 Å². The first kappa shape index (κ1) is 14.2. The molecule has 0 unspecified atom stereocenters. The zero-order valence-electron chi connectivity index (χ0n) is 9.43. The second-order valence-corrected chi connectivity index (χ2v) is 3.96. The minimum Gasteiger partial charge on any atom is -0.381 e. The zero-order chi connectivity index (χ0) is 10.5. The monoisotopic (exact) mass is 219 g/mol. The van der Waals surface area contributed by atoms with Crippen molar-refractivity contribution in [3.63, 3.8) is 0 Å². The third-order valence-electron chi connectivity index (χ3n) is 2.13. The maximum absolute atomic E-state index is 5.55. The van der Waals surface area contributed by atoms with E-state index in [9.17, 15) is 0 Å². The van der Waals surface area contributed by atoms with Crippen molar-refractivity contribution < 1.29 is 4.74 Å². The highest BCUT2D eigenvalue weighted by Gasteiger charge is 1.91. The molecule has 1 radical (unpaired) electrons. The van der Waals surface area contributed by atoms with E-state index in [1.807, 2.05) is 0 Å². The summed E-state index contributed by atoms with van der Waals surface area (Å²) in [5, 5.41) is 0. The zero-order valence-corrected chi connectivity index (χ0v) is 10.2. The van der Waals surface area contributed by atoms with Gasteiger partial charge in [-0.25, -0.2) is 0 Å². The Labute approximate surface area is 94.2 Å². The van der Waals surface area contributed by atoms with Crippen molar-refractivity contribution in [1.82, 2.24) is 0 Å². The molecule has 0 heterocycles. The first-order valence-corrected chi connectivity index (χ1v) is 6.40. The van der Waals surface area contributed by atoms with Crippen molar-refractivity contribution in [3.05, 3.63) is 6.42 Å². The molecule has 0 aliphatic rings. The van der Waals surface area contributed by atoms with Crippen LogP contribution < -0.4 is 0 Å². The van der Waals surface area contributed by atoms with Crippen molar-refractivity contribution in [2.24, 2.45) is 0 Å². The molecule has 0 atom stereocenters. The second-order valence-electron chi connectivity index (χ2n) is 3.58. The third-order valence-corrected chi connectivity index (χ3v) is 2.40. The Morgan fingerprint density at radius 1 is 1.00 bits per heavy atom. The molecule has 0 rings (SSSR count). The Balaban J connectivity index is 2.78. The lowest BCUT2D eigenvalue weighted by Gasteiger charge is -2.03. The van der Waals surface area contributed by atoms with Crippen LogP contribution >= 0.6 is 11.6 Å². The van der Waals surface area contributed by atoms with Crippen LogP contribution in [0.4, 0.5) is 0 Å². The van der Waals surface area contributed by atoms with Gasteiger partial charge in [0.2, 0.25) is 0 Å². The molecule has 0 fully saturated rings. The molecule has 0 amide bonds. The number of hydrogen-bond acceptors (Lipinski definition) is 1. The van der Waals surface area contributed by atoms with E-state index < -0.39 is 0 Å². The van der Waals surface area contributed by atoms with E-state index >= 15 is 0 Å².